The van der Waals surface area contributed by atoms with Gasteiger partial charge >= 0.3 is 0 Å². The first-order chi connectivity index (χ1) is 15.0. The molecule has 1 amide bonds. The molecule has 1 unspecified atom stereocenters. The Kier molecular flexibility index (Phi) is 5.58. The number of rotatable bonds is 6. The number of imidazole rings is 1. The standard InChI is InChI=1S/C24H25N5O2/c1-16-14-17(2)29(27-16)20-10-8-18(9-11-20)24(30)26-22(23-25-12-13-28(23)3)19-6-5-7-21(15-19)31-4/h5-15,22H,1-4H3,(H,26,30). The van der Waals surface area contributed by atoms with Crippen molar-refractivity contribution in [3.63, 3.8) is 0 Å². The lowest BCUT2D eigenvalue weighted by atomic mass is 10.0. The van der Waals surface area contributed by atoms with Gasteiger partial charge in [0.05, 0.1) is 18.5 Å². The normalized spacial score (nSPS) is 11.9. The van der Waals surface area contributed by atoms with Crippen LogP contribution in [0.3, 0.4) is 0 Å². The Labute approximate surface area is 181 Å². The van der Waals surface area contributed by atoms with Crippen LogP contribution in [0.4, 0.5) is 0 Å². The highest BCUT2D eigenvalue weighted by molar-refractivity contribution is 5.94. The van der Waals surface area contributed by atoms with Crippen LogP contribution in [0.25, 0.3) is 5.69 Å². The highest BCUT2D eigenvalue weighted by atomic mass is 16.5. The summed E-state index contributed by atoms with van der Waals surface area (Å²) in [4.78, 5) is 17.6. The van der Waals surface area contributed by atoms with E-state index in [2.05, 4.69) is 15.4 Å². The predicted octanol–water partition coefficient (Wildman–Crippen LogP) is 3.75. The predicted molar refractivity (Wildman–Crippen MR) is 119 cm³/mol. The molecule has 2 aromatic carbocycles. The van der Waals surface area contributed by atoms with Crippen molar-refractivity contribution in [1.29, 1.82) is 0 Å². The average Bonchev–Trinajstić information content (AvgIpc) is 3.36. The third kappa shape index (κ3) is 4.21. The Bertz CT molecular complexity index is 1210. The van der Waals surface area contributed by atoms with Crippen molar-refractivity contribution in [3.8, 4) is 11.4 Å². The first-order valence-electron chi connectivity index (χ1n) is 10.0. The van der Waals surface area contributed by atoms with Crippen molar-refractivity contribution in [1.82, 2.24) is 24.6 Å². The highest BCUT2D eigenvalue weighted by Gasteiger charge is 2.22. The molecule has 0 aliphatic carbocycles. The van der Waals surface area contributed by atoms with Gasteiger partial charge in [0.25, 0.3) is 5.91 Å². The second-order valence-electron chi connectivity index (χ2n) is 7.47. The molecule has 0 fully saturated rings. The lowest BCUT2D eigenvalue weighted by molar-refractivity contribution is 0.0941. The number of hydrogen-bond donors (Lipinski definition) is 1. The number of hydrogen-bond acceptors (Lipinski definition) is 4. The first kappa shape index (κ1) is 20.4. The quantitative estimate of drug-likeness (QED) is 0.521. The molecule has 4 aromatic rings. The van der Waals surface area contributed by atoms with E-state index < -0.39 is 6.04 Å². The van der Waals surface area contributed by atoms with E-state index in [-0.39, 0.29) is 5.91 Å². The number of ether oxygens (including phenoxy) is 1. The number of aryl methyl sites for hydroxylation is 3. The van der Waals surface area contributed by atoms with Crippen molar-refractivity contribution in [3.05, 3.63) is 95.3 Å². The van der Waals surface area contributed by atoms with Crippen LogP contribution in [0.5, 0.6) is 5.75 Å². The van der Waals surface area contributed by atoms with Gasteiger partial charge in [0.15, 0.2) is 0 Å². The molecule has 0 saturated heterocycles. The minimum atomic E-state index is -0.418. The molecule has 0 saturated carbocycles. The van der Waals surface area contributed by atoms with E-state index >= 15 is 0 Å². The Morgan fingerprint density at radius 1 is 1.10 bits per heavy atom. The van der Waals surface area contributed by atoms with Gasteiger partial charge in [0.1, 0.15) is 17.6 Å². The molecule has 158 valence electrons. The smallest absolute Gasteiger partial charge is 0.252 e. The van der Waals surface area contributed by atoms with Crippen LogP contribution in [0.2, 0.25) is 0 Å². The minimum absolute atomic E-state index is 0.185. The number of methoxy groups -OCH3 is 1. The number of carbonyl (C=O) groups excluding carboxylic acids is 1. The van der Waals surface area contributed by atoms with Crippen LogP contribution in [0.1, 0.15) is 39.2 Å². The van der Waals surface area contributed by atoms with Crippen molar-refractivity contribution >= 4 is 5.91 Å². The molecule has 0 bridgehead atoms. The minimum Gasteiger partial charge on any atom is -0.497 e. The third-order valence-corrected chi connectivity index (χ3v) is 5.20. The van der Waals surface area contributed by atoms with Gasteiger partial charge in [0.2, 0.25) is 0 Å². The largest absolute Gasteiger partial charge is 0.497 e. The molecule has 2 aromatic heterocycles. The van der Waals surface area contributed by atoms with Gasteiger partial charge in [-0.3, -0.25) is 4.79 Å². The molecule has 7 heteroatoms. The summed E-state index contributed by atoms with van der Waals surface area (Å²) in [6.45, 7) is 3.97. The molecular weight excluding hydrogens is 390 g/mol. The van der Waals surface area contributed by atoms with E-state index in [1.807, 2.05) is 90.9 Å². The monoisotopic (exact) mass is 415 g/mol. The van der Waals surface area contributed by atoms with Gasteiger partial charge in [-0.25, -0.2) is 9.67 Å². The fourth-order valence-electron chi connectivity index (χ4n) is 3.63. The number of benzene rings is 2. The van der Waals surface area contributed by atoms with Crippen LogP contribution in [0, 0.1) is 13.8 Å². The SMILES string of the molecule is COc1cccc(C(NC(=O)c2ccc(-n3nc(C)cc3C)cc2)c2nccn2C)c1. The molecule has 31 heavy (non-hydrogen) atoms. The van der Waals surface area contributed by atoms with E-state index in [9.17, 15) is 4.79 Å². The van der Waals surface area contributed by atoms with Gasteiger partial charge < -0.3 is 14.6 Å². The zero-order chi connectivity index (χ0) is 22.0. The van der Waals surface area contributed by atoms with Gasteiger partial charge in [-0.15, -0.1) is 0 Å². The number of nitrogens with zero attached hydrogens (tertiary/aromatic N) is 4. The second kappa shape index (κ2) is 8.47. The number of carbonyl (C=O) groups is 1. The van der Waals surface area contributed by atoms with Gasteiger partial charge in [-0.2, -0.15) is 5.10 Å². The Morgan fingerprint density at radius 2 is 1.87 bits per heavy atom. The molecule has 7 nitrogen and oxygen atoms in total. The summed E-state index contributed by atoms with van der Waals surface area (Å²) >= 11 is 0. The van der Waals surface area contributed by atoms with Gasteiger partial charge in [-0.1, -0.05) is 12.1 Å². The average molecular weight is 415 g/mol. The molecule has 0 aliphatic heterocycles. The van der Waals surface area contributed by atoms with E-state index in [0.717, 1.165) is 34.2 Å². The van der Waals surface area contributed by atoms with Crippen LogP contribution in [0.15, 0.2) is 67.0 Å². The lowest BCUT2D eigenvalue weighted by Crippen LogP contribution is -2.31. The van der Waals surface area contributed by atoms with Crippen LogP contribution in [-0.4, -0.2) is 32.3 Å². The van der Waals surface area contributed by atoms with Crippen molar-refractivity contribution < 1.29 is 9.53 Å². The molecule has 0 aliphatic rings. The summed E-state index contributed by atoms with van der Waals surface area (Å²) < 4.78 is 9.12. The summed E-state index contributed by atoms with van der Waals surface area (Å²) in [5.74, 6) is 1.27. The number of aromatic nitrogens is 4. The zero-order valence-electron chi connectivity index (χ0n) is 18.0. The molecule has 4 rings (SSSR count). The number of nitrogens with one attached hydrogen (secondary N) is 1. The molecule has 1 N–H and O–H groups in total. The van der Waals surface area contributed by atoms with Crippen molar-refractivity contribution in [2.75, 3.05) is 7.11 Å². The first-order valence-corrected chi connectivity index (χ1v) is 10.0. The van der Waals surface area contributed by atoms with E-state index in [1.54, 1.807) is 13.3 Å². The van der Waals surface area contributed by atoms with Crippen LogP contribution < -0.4 is 10.1 Å². The Morgan fingerprint density at radius 3 is 2.48 bits per heavy atom. The van der Waals surface area contributed by atoms with E-state index in [1.165, 1.54) is 0 Å². The Balaban J connectivity index is 1.62. The zero-order valence-corrected chi connectivity index (χ0v) is 18.0. The summed E-state index contributed by atoms with van der Waals surface area (Å²) in [5.41, 5.74) is 4.36. The molecular formula is C24H25N5O2. The maximum atomic E-state index is 13.1. The summed E-state index contributed by atoms with van der Waals surface area (Å²) in [7, 11) is 3.53. The lowest BCUT2D eigenvalue weighted by Gasteiger charge is -2.20. The summed E-state index contributed by atoms with van der Waals surface area (Å²) in [6.07, 6.45) is 3.58. The maximum Gasteiger partial charge on any atom is 0.252 e. The highest BCUT2D eigenvalue weighted by Crippen LogP contribution is 2.25. The molecule has 1 atom stereocenters. The molecule has 2 heterocycles. The fourth-order valence-corrected chi connectivity index (χ4v) is 3.63. The summed E-state index contributed by atoms with van der Waals surface area (Å²) in [5, 5.41) is 7.61. The topological polar surface area (TPSA) is 74.0 Å². The van der Waals surface area contributed by atoms with Crippen LogP contribution in [-0.2, 0) is 7.05 Å². The van der Waals surface area contributed by atoms with Crippen LogP contribution >= 0.6 is 0 Å². The molecule has 0 radical (unpaired) electrons. The third-order valence-electron chi connectivity index (χ3n) is 5.20. The van der Waals surface area contributed by atoms with Gasteiger partial charge in [0, 0.05) is 30.7 Å². The maximum absolute atomic E-state index is 13.1. The van der Waals surface area contributed by atoms with Crippen molar-refractivity contribution in [2.24, 2.45) is 7.05 Å². The Hall–Kier alpha value is -3.87. The summed E-state index contributed by atoms with van der Waals surface area (Å²) in [6, 6.07) is 16.7. The van der Waals surface area contributed by atoms with E-state index in [0.29, 0.717) is 5.56 Å². The van der Waals surface area contributed by atoms with Crippen molar-refractivity contribution in [2.45, 2.75) is 19.9 Å². The second-order valence-corrected chi connectivity index (χ2v) is 7.47. The van der Waals surface area contributed by atoms with E-state index in [4.69, 9.17) is 4.74 Å². The molecule has 0 spiro atoms. The number of amides is 1. The van der Waals surface area contributed by atoms with Gasteiger partial charge in [-0.05, 0) is 61.9 Å². The fraction of sp³-hybridized carbons (Fsp3) is 0.208.